The van der Waals surface area contributed by atoms with Crippen LogP contribution in [-0.4, -0.2) is 36.2 Å². The summed E-state index contributed by atoms with van der Waals surface area (Å²) in [6.07, 6.45) is 3.65. The molecule has 0 atom stereocenters. The second-order valence-corrected chi connectivity index (χ2v) is 4.59. The van der Waals surface area contributed by atoms with Crippen molar-refractivity contribution < 1.29 is 29.1 Å². The van der Waals surface area contributed by atoms with Gasteiger partial charge in [0.2, 0.25) is 0 Å². The van der Waals surface area contributed by atoms with Crippen LogP contribution in [0.15, 0.2) is 23.8 Å². The van der Waals surface area contributed by atoms with E-state index in [0.717, 1.165) is 12.8 Å². The van der Waals surface area contributed by atoms with Crippen LogP contribution >= 0.6 is 0 Å². The van der Waals surface area contributed by atoms with Gasteiger partial charge in [0, 0.05) is 24.6 Å². The van der Waals surface area contributed by atoms with Crippen molar-refractivity contribution in [2.24, 2.45) is 0 Å². The zero-order chi connectivity index (χ0) is 19.5. The molecule has 0 aromatic carbocycles. The van der Waals surface area contributed by atoms with Gasteiger partial charge in [-0.3, -0.25) is 4.79 Å². The summed E-state index contributed by atoms with van der Waals surface area (Å²) in [6.45, 7) is 14.7. The molecule has 0 aliphatic heterocycles. The smallest absolute Gasteiger partial charge is 0.352 e. The molecule has 0 aromatic heterocycles. The number of carbonyl (C=O) groups excluding carboxylic acids is 2. The van der Waals surface area contributed by atoms with E-state index in [9.17, 15) is 14.4 Å². The zero-order valence-electron chi connectivity index (χ0n) is 15.6. The third kappa shape index (κ3) is 24.8. The molecular weight excluding hydrogens is 314 g/mol. The molecule has 2 N–H and O–H groups in total. The van der Waals surface area contributed by atoms with Crippen molar-refractivity contribution in [2.45, 2.75) is 54.4 Å². The number of ether oxygens (including phenoxy) is 1. The van der Waals surface area contributed by atoms with Crippen molar-refractivity contribution in [1.82, 2.24) is 5.48 Å². The van der Waals surface area contributed by atoms with Gasteiger partial charge in [0.25, 0.3) is 0 Å². The van der Waals surface area contributed by atoms with E-state index in [4.69, 9.17) is 9.94 Å². The predicted octanol–water partition coefficient (Wildman–Crippen LogP) is 3.02. The molecule has 0 fully saturated rings. The van der Waals surface area contributed by atoms with Gasteiger partial charge in [-0.05, 0) is 33.6 Å². The van der Waals surface area contributed by atoms with Crippen molar-refractivity contribution in [1.29, 1.82) is 0 Å². The largest absolute Gasteiger partial charge is 0.478 e. The highest BCUT2D eigenvalue weighted by molar-refractivity contribution is 5.87. The summed E-state index contributed by atoms with van der Waals surface area (Å²) < 4.78 is 4.40. The molecule has 140 valence electrons. The van der Waals surface area contributed by atoms with Gasteiger partial charge in [-0.25, -0.2) is 9.59 Å². The molecule has 0 aliphatic rings. The summed E-state index contributed by atoms with van der Waals surface area (Å²) in [5.74, 6) is -1.43. The van der Waals surface area contributed by atoms with Gasteiger partial charge >= 0.3 is 17.9 Å². The van der Waals surface area contributed by atoms with E-state index in [2.05, 4.69) is 16.8 Å². The fourth-order valence-electron chi connectivity index (χ4n) is 0.892. The lowest BCUT2D eigenvalue weighted by atomic mass is 10.2. The van der Waals surface area contributed by atoms with Gasteiger partial charge < -0.3 is 14.7 Å². The van der Waals surface area contributed by atoms with Gasteiger partial charge in [0.15, 0.2) is 0 Å². The predicted molar refractivity (Wildman–Crippen MR) is 93.2 cm³/mol. The molecule has 0 spiro atoms. The maximum absolute atomic E-state index is 11.1. The molecule has 0 unspecified atom stereocenters. The van der Waals surface area contributed by atoms with Crippen LogP contribution in [0.1, 0.15) is 54.4 Å². The Labute approximate surface area is 144 Å². The average molecular weight is 345 g/mol. The minimum absolute atomic E-state index is 0.176. The van der Waals surface area contributed by atoms with Gasteiger partial charge in [0.05, 0.1) is 6.61 Å². The molecule has 0 radical (unpaired) electrons. The number of aliphatic carboxylic acids is 1. The maximum atomic E-state index is 11.1. The Morgan fingerprint density at radius 3 is 1.88 bits per heavy atom. The molecule has 0 aromatic rings. The number of carboxylic acid groups (broad SMARTS) is 1. The zero-order valence-corrected chi connectivity index (χ0v) is 15.6. The number of carbonyl (C=O) groups is 3. The molecule has 0 rings (SSSR count). The highest BCUT2D eigenvalue weighted by Crippen LogP contribution is 1.96. The molecule has 7 heteroatoms. The first kappa shape index (κ1) is 26.7. The van der Waals surface area contributed by atoms with Crippen LogP contribution < -0.4 is 5.48 Å². The van der Waals surface area contributed by atoms with Crippen LogP contribution in [0.3, 0.4) is 0 Å². The highest BCUT2D eigenvalue weighted by atomic mass is 16.7. The van der Waals surface area contributed by atoms with Crippen molar-refractivity contribution in [3.05, 3.63) is 23.8 Å². The van der Waals surface area contributed by atoms with Gasteiger partial charge in [-0.1, -0.05) is 26.5 Å². The molecule has 24 heavy (non-hydrogen) atoms. The van der Waals surface area contributed by atoms with Crippen molar-refractivity contribution in [2.75, 3.05) is 13.2 Å². The van der Waals surface area contributed by atoms with Gasteiger partial charge in [-0.15, -0.1) is 0 Å². The first-order valence-corrected chi connectivity index (χ1v) is 7.76. The number of nitrogens with one attached hydrogen (secondary N) is 1. The minimum Gasteiger partial charge on any atom is -0.478 e. The van der Waals surface area contributed by atoms with Crippen molar-refractivity contribution >= 4 is 17.9 Å². The van der Waals surface area contributed by atoms with Crippen LogP contribution in [0.25, 0.3) is 0 Å². The van der Waals surface area contributed by atoms with E-state index in [1.807, 2.05) is 19.9 Å². The first-order chi connectivity index (χ1) is 11.1. The summed E-state index contributed by atoms with van der Waals surface area (Å²) in [7, 11) is 0. The number of esters is 1. The number of rotatable bonds is 7. The van der Waals surface area contributed by atoms with E-state index in [-0.39, 0.29) is 17.5 Å². The maximum Gasteiger partial charge on any atom is 0.352 e. The monoisotopic (exact) mass is 345 g/mol. The summed E-state index contributed by atoms with van der Waals surface area (Å²) >= 11 is 0. The normalized spacial score (nSPS) is 9.50. The Bertz CT molecular complexity index is 403. The number of hydrogen-bond donors (Lipinski definition) is 2. The van der Waals surface area contributed by atoms with E-state index >= 15 is 0 Å². The molecule has 0 heterocycles. The molecule has 0 aliphatic carbocycles. The van der Waals surface area contributed by atoms with Crippen molar-refractivity contribution in [3.63, 3.8) is 0 Å². The van der Waals surface area contributed by atoms with Crippen LogP contribution in [0.5, 0.6) is 0 Å². The number of hydrogen-bond acceptors (Lipinski definition) is 6. The van der Waals surface area contributed by atoms with Gasteiger partial charge in [0.1, 0.15) is 0 Å². The second kappa shape index (κ2) is 18.9. The number of carboxylic acids is 1. The Balaban J connectivity index is -0.000000309. The SMILES string of the molecule is C=C(C)C(=O)O.CCC=C(C)C(=O)ONCCC.CCOC(C)=O. The topological polar surface area (TPSA) is 102 Å². The van der Waals surface area contributed by atoms with Crippen LogP contribution in [-0.2, 0) is 24.0 Å². The lowest BCUT2D eigenvalue weighted by Gasteiger charge is -2.03. The van der Waals surface area contributed by atoms with E-state index in [1.165, 1.54) is 13.8 Å². The molecule has 0 saturated heterocycles. The summed E-state index contributed by atoms with van der Waals surface area (Å²) in [6, 6.07) is 0. The van der Waals surface area contributed by atoms with E-state index in [1.54, 1.807) is 13.8 Å². The minimum atomic E-state index is -0.935. The Morgan fingerprint density at radius 2 is 1.62 bits per heavy atom. The molecule has 0 amide bonds. The highest BCUT2D eigenvalue weighted by Gasteiger charge is 2.03. The molecule has 0 saturated carbocycles. The Kier molecular flexibility index (Phi) is 21.0. The lowest BCUT2D eigenvalue weighted by molar-refractivity contribution is -0.146. The number of hydroxylamine groups is 1. The van der Waals surface area contributed by atoms with Crippen LogP contribution in [0.2, 0.25) is 0 Å². The quantitative estimate of drug-likeness (QED) is 0.316. The summed E-state index contributed by atoms with van der Waals surface area (Å²) in [5.41, 5.74) is 3.41. The standard InChI is InChI=1S/C9H17NO2.C4H8O2.C4H6O2/c1-4-6-8(3)9(11)12-10-7-5-2;1-3-6-4(2)5;1-3(2)4(5)6/h6,10H,4-5,7H2,1-3H3;3H2,1-2H3;1H2,2H3,(H,5,6). The second-order valence-electron chi connectivity index (χ2n) is 4.59. The molecular formula is C17H31NO6. The van der Waals surface area contributed by atoms with Crippen molar-refractivity contribution in [3.8, 4) is 0 Å². The molecule has 0 bridgehead atoms. The summed E-state index contributed by atoms with van der Waals surface area (Å²) in [4.78, 5) is 35.2. The van der Waals surface area contributed by atoms with Crippen LogP contribution in [0.4, 0.5) is 0 Å². The summed E-state index contributed by atoms with van der Waals surface area (Å²) in [5, 5.41) is 7.89. The third-order valence-electron chi connectivity index (χ3n) is 2.06. The van der Waals surface area contributed by atoms with E-state index < -0.39 is 5.97 Å². The molecule has 7 nitrogen and oxygen atoms in total. The Hall–Kier alpha value is -2.15. The Morgan fingerprint density at radius 1 is 1.12 bits per heavy atom. The van der Waals surface area contributed by atoms with Crippen LogP contribution in [0, 0.1) is 0 Å². The third-order valence-corrected chi connectivity index (χ3v) is 2.06. The van der Waals surface area contributed by atoms with Gasteiger partial charge in [-0.2, -0.15) is 5.48 Å². The lowest BCUT2D eigenvalue weighted by Crippen LogP contribution is -2.21. The first-order valence-electron chi connectivity index (χ1n) is 7.76. The number of allylic oxidation sites excluding steroid dienone is 1. The van der Waals surface area contributed by atoms with E-state index in [0.29, 0.717) is 18.7 Å². The fourth-order valence-corrected chi connectivity index (χ4v) is 0.892. The average Bonchev–Trinajstić information content (AvgIpc) is 2.48. The fraction of sp³-hybridized carbons (Fsp3) is 0.588.